The van der Waals surface area contributed by atoms with Crippen molar-refractivity contribution in [3.05, 3.63) is 71.5 Å². The Bertz CT molecular complexity index is 974. The van der Waals surface area contributed by atoms with Gasteiger partial charge in [-0.2, -0.15) is 0 Å². The maximum Gasteiger partial charge on any atom is 0.255 e. The van der Waals surface area contributed by atoms with E-state index < -0.39 is 0 Å². The summed E-state index contributed by atoms with van der Waals surface area (Å²) in [5.74, 6) is 0.520. The van der Waals surface area contributed by atoms with Gasteiger partial charge < -0.3 is 15.0 Å². The molecule has 0 aliphatic carbocycles. The van der Waals surface area contributed by atoms with Crippen LogP contribution < -0.4 is 10.2 Å². The Morgan fingerprint density at radius 3 is 2.10 bits per heavy atom. The molecule has 2 heterocycles. The van der Waals surface area contributed by atoms with Gasteiger partial charge in [0.25, 0.3) is 5.91 Å². The smallest absolute Gasteiger partial charge is 0.255 e. The Hall–Kier alpha value is -3.25. The van der Waals surface area contributed by atoms with E-state index in [1.54, 1.807) is 0 Å². The van der Waals surface area contributed by atoms with Crippen LogP contribution in [0.5, 0.6) is 0 Å². The molecule has 0 unspecified atom stereocenters. The van der Waals surface area contributed by atoms with E-state index in [1.165, 1.54) is 0 Å². The van der Waals surface area contributed by atoms with Crippen LogP contribution in [0.1, 0.15) is 21.7 Å². The number of hydrogen-bond donors (Lipinski definition) is 1. The zero-order chi connectivity index (χ0) is 20.2. The number of nitrogens with zero attached hydrogens (tertiary/aromatic N) is 3. The average molecular weight is 388 g/mol. The van der Waals surface area contributed by atoms with Crippen molar-refractivity contribution in [1.82, 2.24) is 9.97 Å². The Labute approximate surface area is 170 Å². The van der Waals surface area contributed by atoms with Crippen LogP contribution in [0.3, 0.4) is 0 Å². The molecule has 1 N–H and O–H groups in total. The lowest BCUT2D eigenvalue weighted by molar-refractivity contribution is 0.102. The fourth-order valence-electron chi connectivity index (χ4n) is 3.41. The number of morpholine rings is 1. The molecule has 1 aliphatic heterocycles. The predicted octanol–water partition coefficient (Wildman–Crippen LogP) is 3.85. The number of carbonyl (C=O) groups is 1. The van der Waals surface area contributed by atoms with Crippen molar-refractivity contribution in [1.29, 1.82) is 0 Å². The van der Waals surface area contributed by atoms with E-state index >= 15 is 0 Å². The van der Waals surface area contributed by atoms with E-state index in [1.807, 2.05) is 56.3 Å². The fraction of sp³-hybridized carbons (Fsp3) is 0.261. The quantitative estimate of drug-likeness (QED) is 0.735. The summed E-state index contributed by atoms with van der Waals surface area (Å²) in [4.78, 5) is 24.1. The molecule has 0 radical (unpaired) electrons. The number of anilines is 2. The van der Waals surface area contributed by atoms with Crippen molar-refractivity contribution in [2.24, 2.45) is 0 Å². The summed E-state index contributed by atoms with van der Waals surface area (Å²) in [6, 6.07) is 17.7. The van der Waals surface area contributed by atoms with Crippen LogP contribution in [-0.2, 0) is 4.74 Å². The molecule has 0 saturated carbocycles. The second kappa shape index (κ2) is 8.41. The van der Waals surface area contributed by atoms with Gasteiger partial charge in [-0.15, -0.1) is 0 Å². The third kappa shape index (κ3) is 4.27. The van der Waals surface area contributed by atoms with Gasteiger partial charge in [-0.3, -0.25) is 4.79 Å². The van der Waals surface area contributed by atoms with Crippen LogP contribution in [-0.4, -0.2) is 42.2 Å². The molecule has 1 amide bonds. The molecule has 1 saturated heterocycles. The molecule has 3 aromatic rings. The maximum atomic E-state index is 12.8. The van der Waals surface area contributed by atoms with Gasteiger partial charge in [0.15, 0.2) is 0 Å². The number of amides is 1. The van der Waals surface area contributed by atoms with Crippen molar-refractivity contribution < 1.29 is 9.53 Å². The number of aromatic nitrogens is 2. The van der Waals surface area contributed by atoms with Gasteiger partial charge >= 0.3 is 0 Å². The third-order valence-electron chi connectivity index (χ3n) is 5.05. The molecule has 1 aliphatic rings. The summed E-state index contributed by atoms with van der Waals surface area (Å²) in [6.07, 6.45) is 0. The largest absolute Gasteiger partial charge is 0.378 e. The van der Waals surface area contributed by atoms with Crippen LogP contribution in [0.2, 0.25) is 0 Å². The Kier molecular flexibility index (Phi) is 5.53. The summed E-state index contributed by atoms with van der Waals surface area (Å²) >= 11 is 0. The summed E-state index contributed by atoms with van der Waals surface area (Å²) in [5.41, 5.74) is 4.98. The first-order chi connectivity index (χ1) is 14.1. The van der Waals surface area contributed by atoms with Gasteiger partial charge in [0.2, 0.25) is 5.95 Å². The van der Waals surface area contributed by atoms with Crippen LogP contribution in [0.15, 0.2) is 54.6 Å². The number of aryl methyl sites for hydroxylation is 2. The Morgan fingerprint density at radius 2 is 1.48 bits per heavy atom. The van der Waals surface area contributed by atoms with E-state index in [0.29, 0.717) is 30.4 Å². The van der Waals surface area contributed by atoms with Crippen LogP contribution in [0, 0.1) is 13.8 Å². The first kappa shape index (κ1) is 19.1. The van der Waals surface area contributed by atoms with Gasteiger partial charge in [-0.05, 0) is 37.1 Å². The molecule has 4 rings (SSSR count). The SMILES string of the molecule is Cc1nc(N2CCOCC2)nc(C)c1NC(=O)c1ccc(-c2ccccc2)cc1. The summed E-state index contributed by atoms with van der Waals surface area (Å²) < 4.78 is 5.39. The van der Waals surface area contributed by atoms with Crippen LogP contribution in [0.25, 0.3) is 11.1 Å². The standard InChI is InChI=1S/C23H24N4O2/c1-16-21(17(2)25-23(24-16)27-12-14-29-15-13-27)26-22(28)20-10-8-19(9-11-20)18-6-4-3-5-7-18/h3-11H,12-15H2,1-2H3,(H,26,28). The lowest BCUT2D eigenvalue weighted by Gasteiger charge is -2.27. The van der Waals surface area contributed by atoms with E-state index in [0.717, 1.165) is 35.6 Å². The zero-order valence-corrected chi connectivity index (χ0v) is 16.7. The monoisotopic (exact) mass is 388 g/mol. The van der Waals surface area contributed by atoms with Crippen molar-refractivity contribution in [2.45, 2.75) is 13.8 Å². The zero-order valence-electron chi connectivity index (χ0n) is 16.7. The van der Waals surface area contributed by atoms with Crippen molar-refractivity contribution in [2.75, 3.05) is 36.5 Å². The first-order valence-corrected chi connectivity index (χ1v) is 9.76. The summed E-state index contributed by atoms with van der Waals surface area (Å²) in [5, 5.41) is 2.98. The van der Waals surface area contributed by atoms with Gasteiger partial charge in [0.1, 0.15) is 0 Å². The van der Waals surface area contributed by atoms with Gasteiger partial charge in [0.05, 0.1) is 30.3 Å². The molecule has 29 heavy (non-hydrogen) atoms. The average Bonchev–Trinajstić information content (AvgIpc) is 2.77. The lowest BCUT2D eigenvalue weighted by atomic mass is 10.0. The number of rotatable bonds is 4. The number of carbonyl (C=O) groups excluding carboxylic acids is 1. The molecule has 0 spiro atoms. The molecular formula is C23H24N4O2. The predicted molar refractivity (Wildman–Crippen MR) is 114 cm³/mol. The number of benzene rings is 2. The van der Waals surface area contributed by atoms with Crippen molar-refractivity contribution in [3.63, 3.8) is 0 Å². The van der Waals surface area contributed by atoms with Gasteiger partial charge in [-0.1, -0.05) is 42.5 Å². The van der Waals surface area contributed by atoms with E-state index in [2.05, 4.69) is 32.3 Å². The molecular weight excluding hydrogens is 364 g/mol. The molecule has 148 valence electrons. The fourth-order valence-corrected chi connectivity index (χ4v) is 3.41. The molecule has 6 nitrogen and oxygen atoms in total. The third-order valence-corrected chi connectivity index (χ3v) is 5.05. The van der Waals surface area contributed by atoms with Crippen molar-refractivity contribution in [3.8, 4) is 11.1 Å². The number of hydrogen-bond acceptors (Lipinski definition) is 5. The van der Waals surface area contributed by atoms with Crippen LogP contribution >= 0.6 is 0 Å². The highest BCUT2D eigenvalue weighted by atomic mass is 16.5. The lowest BCUT2D eigenvalue weighted by Crippen LogP contribution is -2.37. The maximum absolute atomic E-state index is 12.8. The second-order valence-electron chi connectivity index (χ2n) is 7.07. The van der Waals surface area contributed by atoms with E-state index in [9.17, 15) is 4.79 Å². The minimum Gasteiger partial charge on any atom is -0.378 e. The van der Waals surface area contributed by atoms with Gasteiger partial charge in [0, 0.05) is 18.7 Å². The normalized spacial score (nSPS) is 13.9. The highest BCUT2D eigenvalue weighted by molar-refractivity contribution is 6.05. The van der Waals surface area contributed by atoms with Crippen molar-refractivity contribution >= 4 is 17.5 Å². The van der Waals surface area contributed by atoms with E-state index in [-0.39, 0.29) is 5.91 Å². The second-order valence-corrected chi connectivity index (χ2v) is 7.07. The molecule has 1 fully saturated rings. The van der Waals surface area contributed by atoms with E-state index in [4.69, 9.17) is 4.74 Å². The molecule has 6 heteroatoms. The highest BCUT2D eigenvalue weighted by Gasteiger charge is 2.18. The first-order valence-electron chi connectivity index (χ1n) is 9.76. The summed E-state index contributed by atoms with van der Waals surface area (Å²) in [7, 11) is 0. The Balaban J connectivity index is 1.50. The topological polar surface area (TPSA) is 67.3 Å². The molecule has 2 aromatic carbocycles. The highest BCUT2D eigenvalue weighted by Crippen LogP contribution is 2.23. The number of nitrogens with one attached hydrogen (secondary N) is 1. The molecule has 1 aromatic heterocycles. The molecule has 0 bridgehead atoms. The Morgan fingerprint density at radius 1 is 0.897 bits per heavy atom. The van der Waals surface area contributed by atoms with Gasteiger partial charge in [-0.25, -0.2) is 9.97 Å². The van der Waals surface area contributed by atoms with Crippen LogP contribution in [0.4, 0.5) is 11.6 Å². The number of ether oxygens (including phenoxy) is 1. The minimum absolute atomic E-state index is 0.168. The minimum atomic E-state index is -0.168. The summed E-state index contributed by atoms with van der Waals surface area (Å²) in [6.45, 7) is 6.70. The molecule has 0 atom stereocenters.